The van der Waals surface area contributed by atoms with Crippen molar-refractivity contribution < 1.29 is 19.1 Å². The van der Waals surface area contributed by atoms with Crippen LogP contribution in [0, 0.1) is 0 Å². The van der Waals surface area contributed by atoms with E-state index in [1.807, 2.05) is 48.5 Å². The van der Waals surface area contributed by atoms with Gasteiger partial charge >= 0.3 is 0 Å². The molecule has 168 valence electrons. The van der Waals surface area contributed by atoms with Crippen LogP contribution in [0.25, 0.3) is 0 Å². The number of benzene rings is 2. The van der Waals surface area contributed by atoms with Gasteiger partial charge < -0.3 is 14.4 Å². The van der Waals surface area contributed by atoms with Crippen LogP contribution in [0.15, 0.2) is 53.5 Å². The maximum Gasteiger partial charge on any atom is 0.290 e. The second-order valence-corrected chi connectivity index (χ2v) is 7.59. The number of aliphatic imine (C=N–C) groups is 1. The van der Waals surface area contributed by atoms with Gasteiger partial charge in [-0.15, -0.1) is 0 Å². The van der Waals surface area contributed by atoms with E-state index in [1.54, 1.807) is 19.1 Å². The molecule has 2 heterocycles. The fraction of sp³-hybridized carbons (Fsp3) is 0.348. The van der Waals surface area contributed by atoms with Crippen molar-refractivity contribution in [1.82, 2.24) is 15.2 Å². The first-order valence-electron chi connectivity index (χ1n) is 10.5. The van der Waals surface area contributed by atoms with Gasteiger partial charge in [-0.05, 0) is 30.3 Å². The molecule has 2 amide bonds. The van der Waals surface area contributed by atoms with Gasteiger partial charge in [0.05, 0.1) is 19.9 Å². The number of carbonyl (C=O) groups excluding carboxylic acids is 2. The lowest BCUT2D eigenvalue weighted by Gasteiger charge is -2.36. The molecule has 32 heavy (non-hydrogen) atoms. The van der Waals surface area contributed by atoms with Gasteiger partial charge in [-0.3, -0.25) is 24.9 Å². The molecule has 9 heteroatoms. The van der Waals surface area contributed by atoms with E-state index in [1.165, 1.54) is 5.01 Å². The summed E-state index contributed by atoms with van der Waals surface area (Å²) in [5.41, 5.74) is 4.61. The molecule has 0 radical (unpaired) electrons. The molecule has 1 saturated heterocycles. The van der Waals surface area contributed by atoms with E-state index in [2.05, 4.69) is 15.3 Å². The van der Waals surface area contributed by atoms with Crippen molar-refractivity contribution in [3.63, 3.8) is 0 Å². The van der Waals surface area contributed by atoms with Crippen molar-refractivity contribution in [1.29, 1.82) is 0 Å². The van der Waals surface area contributed by atoms with Crippen LogP contribution in [0.2, 0.25) is 0 Å². The zero-order valence-electron chi connectivity index (χ0n) is 18.3. The molecule has 2 aromatic carbocycles. The zero-order valence-corrected chi connectivity index (χ0v) is 18.3. The van der Waals surface area contributed by atoms with Crippen LogP contribution in [0.1, 0.15) is 5.56 Å². The van der Waals surface area contributed by atoms with Gasteiger partial charge in [0.1, 0.15) is 18.0 Å². The van der Waals surface area contributed by atoms with Crippen molar-refractivity contribution >= 4 is 23.3 Å². The van der Waals surface area contributed by atoms with E-state index in [9.17, 15) is 9.59 Å². The lowest BCUT2D eigenvalue weighted by atomic mass is 10.1. The molecule has 0 aliphatic carbocycles. The number of para-hydroxylation sites is 1. The number of hydrogen-bond acceptors (Lipinski definition) is 7. The summed E-state index contributed by atoms with van der Waals surface area (Å²) in [6.45, 7) is 3.24. The van der Waals surface area contributed by atoms with E-state index in [4.69, 9.17) is 9.47 Å². The van der Waals surface area contributed by atoms with Crippen LogP contribution in [0.4, 0.5) is 5.69 Å². The molecule has 0 bridgehead atoms. The molecule has 2 aromatic rings. The molecule has 0 aromatic heterocycles. The quantitative estimate of drug-likeness (QED) is 0.733. The Morgan fingerprint density at radius 1 is 1.03 bits per heavy atom. The van der Waals surface area contributed by atoms with Crippen molar-refractivity contribution in [2.24, 2.45) is 4.99 Å². The summed E-state index contributed by atoms with van der Waals surface area (Å²) in [6, 6.07) is 14.9. The third-order valence-corrected chi connectivity index (χ3v) is 5.60. The fourth-order valence-corrected chi connectivity index (χ4v) is 3.83. The number of carbonyl (C=O) groups is 2. The first-order chi connectivity index (χ1) is 15.6. The molecule has 1 fully saturated rings. The van der Waals surface area contributed by atoms with Gasteiger partial charge in [0.25, 0.3) is 11.8 Å². The van der Waals surface area contributed by atoms with Gasteiger partial charge in [0.2, 0.25) is 5.84 Å². The lowest BCUT2D eigenvalue weighted by molar-refractivity contribution is -0.126. The van der Waals surface area contributed by atoms with Gasteiger partial charge in [0, 0.05) is 38.3 Å². The van der Waals surface area contributed by atoms with Gasteiger partial charge in [-0.25, -0.2) is 5.01 Å². The predicted octanol–water partition coefficient (Wildman–Crippen LogP) is 1.30. The topological polar surface area (TPSA) is 86.7 Å². The van der Waals surface area contributed by atoms with Crippen molar-refractivity contribution in [3.8, 4) is 11.5 Å². The number of piperazine rings is 1. The van der Waals surface area contributed by atoms with Crippen molar-refractivity contribution in [2.75, 3.05) is 52.0 Å². The van der Waals surface area contributed by atoms with E-state index in [0.29, 0.717) is 25.3 Å². The third kappa shape index (κ3) is 4.67. The van der Waals surface area contributed by atoms with Crippen LogP contribution in [-0.4, -0.2) is 74.4 Å². The van der Waals surface area contributed by atoms with E-state index < -0.39 is 0 Å². The van der Waals surface area contributed by atoms with Crippen molar-refractivity contribution in [2.45, 2.75) is 6.54 Å². The molecular formula is C23H27N5O4. The van der Waals surface area contributed by atoms with Crippen molar-refractivity contribution in [3.05, 3.63) is 54.1 Å². The molecule has 4 rings (SSSR count). The number of hydrogen-bond donors (Lipinski definition) is 1. The first kappa shape index (κ1) is 21.6. The molecule has 1 N–H and O–H groups in total. The number of ether oxygens (including phenoxy) is 2. The summed E-state index contributed by atoms with van der Waals surface area (Å²) in [6.07, 6.45) is 0. The Morgan fingerprint density at radius 3 is 2.47 bits per heavy atom. The molecule has 0 spiro atoms. The number of nitrogens with one attached hydrogen (secondary N) is 1. The number of nitrogens with zero attached hydrogens (tertiary/aromatic N) is 4. The maximum absolute atomic E-state index is 13.0. The van der Waals surface area contributed by atoms with Gasteiger partial charge in [-0.1, -0.05) is 18.2 Å². The van der Waals surface area contributed by atoms with Crippen LogP contribution >= 0.6 is 0 Å². The number of amidine groups is 1. The summed E-state index contributed by atoms with van der Waals surface area (Å²) in [4.78, 5) is 33.5. The van der Waals surface area contributed by atoms with Crippen LogP contribution < -0.4 is 19.9 Å². The minimum Gasteiger partial charge on any atom is -0.497 e. The molecule has 2 aliphatic rings. The Balaban J connectivity index is 1.36. The monoisotopic (exact) mass is 437 g/mol. The number of methoxy groups -OCH3 is 2. The summed E-state index contributed by atoms with van der Waals surface area (Å²) in [5.74, 6) is 1.39. The molecule has 0 atom stereocenters. The van der Waals surface area contributed by atoms with Crippen LogP contribution in [-0.2, 0) is 16.1 Å². The van der Waals surface area contributed by atoms with Gasteiger partial charge in [-0.2, -0.15) is 0 Å². The Kier molecular flexibility index (Phi) is 6.55. The SMILES string of the molecule is COc1ccc(OC)c(CN2CCN(C(=O)C3=NCC(=O)N(c4ccccc4)N3)CC2)c1. The molecule has 0 unspecified atom stereocenters. The van der Waals surface area contributed by atoms with Crippen LogP contribution in [0.5, 0.6) is 11.5 Å². The highest BCUT2D eigenvalue weighted by molar-refractivity contribution is 6.39. The van der Waals surface area contributed by atoms with Crippen LogP contribution in [0.3, 0.4) is 0 Å². The Hall–Kier alpha value is -3.59. The van der Waals surface area contributed by atoms with E-state index in [0.717, 1.165) is 30.2 Å². The van der Waals surface area contributed by atoms with Gasteiger partial charge in [0.15, 0.2) is 0 Å². The molecule has 0 saturated carbocycles. The highest BCUT2D eigenvalue weighted by Crippen LogP contribution is 2.25. The second kappa shape index (κ2) is 9.69. The Morgan fingerprint density at radius 2 is 1.78 bits per heavy atom. The summed E-state index contributed by atoms with van der Waals surface area (Å²) >= 11 is 0. The smallest absolute Gasteiger partial charge is 0.290 e. The number of rotatable bonds is 6. The van der Waals surface area contributed by atoms with E-state index in [-0.39, 0.29) is 24.2 Å². The molecule has 9 nitrogen and oxygen atoms in total. The molecule has 2 aliphatic heterocycles. The minimum atomic E-state index is -0.204. The standard InChI is InChI=1S/C23H27N5O4/c1-31-19-8-9-20(32-2)17(14-19)16-26-10-12-27(13-11-26)23(30)22-24-15-21(29)28(25-22)18-6-4-3-5-7-18/h3-9,14H,10-13,15-16H2,1-2H3,(H,24,25). The number of amides is 2. The highest BCUT2D eigenvalue weighted by atomic mass is 16.5. The summed E-state index contributed by atoms with van der Waals surface area (Å²) in [7, 11) is 3.30. The average Bonchev–Trinajstić information content (AvgIpc) is 2.85. The minimum absolute atomic E-state index is 0.0570. The average molecular weight is 438 g/mol. The largest absolute Gasteiger partial charge is 0.497 e. The molecular weight excluding hydrogens is 410 g/mol. The zero-order chi connectivity index (χ0) is 22.5. The fourth-order valence-electron chi connectivity index (χ4n) is 3.83. The second-order valence-electron chi connectivity index (χ2n) is 7.59. The van der Waals surface area contributed by atoms with E-state index >= 15 is 0 Å². The predicted molar refractivity (Wildman–Crippen MR) is 121 cm³/mol. The summed E-state index contributed by atoms with van der Waals surface area (Å²) in [5, 5.41) is 1.38. The number of hydrazine groups is 1. The maximum atomic E-state index is 13.0. The normalized spacial score (nSPS) is 16.9. The highest BCUT2D eigenvalue weighted by Gasteiger charge is 2.30. The number of anilines is 1. The first-order valence-corrected chi connectivity index (χ1v) is 10.5. The Bertz CT molecular complexity index is 1000. The third-order valence-electron chi connectivity index (χ3n) is 5.60. The summed E-state index contributed by atoms with van der Waals surface area (Å²) < 4.78 is 10.8. The Labute approximate surface area is 187 Å². The lowest BCUT2D eigenvalue weighted by Crippen LogP contribution is -2.58.